The molecule has 0 aliphatic heterocycles. The molecule has 41 heavy (non-hydrogen) atoms. The summed E-state index contributed by atoms with van der Waals surface area (Å²) < 4.78 is 27.9. The van der Waals surface area contributed by atoms with Crippen LogP contribution < -0.4 is 16.4 Å². The number of carbonyl (C=O) groups excluding carboxylic acids is 3. The second-order valence-electron chi connectivity index (χ2n) is 11.0. The van der Waals surface area contributed by atoms with Crippen molar-refractivity contribution in [1.29, 1.82) is 0 Å². The fourth-order valence-corrected chi connectivity index (χ4v) is 4.65. The van der Waals surface area contributed by atoms with E-state index >= 15 is 0 Å². The Bertz CT molecular complexity index is 1130. The van der Waals surface area contributed by atoms with Crippen molar-refractivity contribution < 1.29 is 23.2 Å². The third-order valence-electron chi connectivity index (χ3n) is 7.25. The number of nitrogens with two attached hydrogens (primary N) is 1. The number of benzene rings is 2. The molecule has 2 aromatic carbocycles. The Labute approximate surface area is 243 Å². The van der Waals surface area contributed by atoms with Crippen LogP contribution in [0.25, 0.3) is 0 Å². The second-order valence-corrected chi connectivity index (χ2v) is 11.0. The summed E-state index contributed by atoms with van der Waals surface area (Å²) in [6.07, 6.45) is 2.88. The Hall–Kier alpha value is -3.33. The average molecular weight is 573 g/mol. The molecule has 226 valence electrons. The minimum Gasteiger partial charge on any atom is -0.356 e. The Morgan fingerprint density at radius 3 is 2.12 bits per heavy atom. The summed E-state index contributed by atoms with van der Waals surface area (Å²) in [6.45, 7) is 11.7. The van der Waals surface area contributed by atoms with Crippen LogP contribution in [-0.2, 0) is 11.2 Å². The van der Waals surface area contributed by atoms with E-state index in [0.717, 1.165) is 25.3 Å². The molecule has 0 aliphatic rings. The molecule has 9 heteroatoms. The van der Waals surface area contributed by atoms with E-state index in [4.69, 9.17) is 5.73 Å². The monoisotopic (exact) mass is 572 g/mol. The molecule has 0 aromatic heterocycles. The molecular weight excluding hydrogens is 526 g/mol. The Morgan fingerprint density at radius 1 is 0.927 bits per heavy atom. The zero-order valence-electron chi connectivity index (χ0n) is 25.0. The van der Waals surface area contributed by atoms with Gasteiger partial charge in [-0.1, -0.05) is 47.1 Å². The van der Waals surface area contributed by atoms with E-state index in [2.05, 4.69) is 17.6 Å². The summed E-state index contributed by atoms with van der Waals surface area (Å²) in [5.41, 5.74) is 7.53. The van der Waals surface area contributed by atoms with Crippen molar-refractivity contribution in [3.05, 3.63) is 70.8 Å². The molecule has 0 unspecified atom stereocenters. The number of carbonyl (C=O) groups is 3. The van der Waals surface area contributed by atoms with Crippen molar-refractivity contribution in [2.24, 2.45) is 17.6 Å². The Balaban J connectivity index is 2.26. The quantitative estimate of drug-likeness (QED) is 0.261. The van der Waals surface area contributed by atoms with Gasteiger partial charge in [-0.05, 0) is 67.5 Å². The van der Waals surface area contributed by atoms with Gasteiger partial charge in [0.15, 0.2) is 0 Å². The molecule has 0 saturated heterocycles. The summed E-state index contributed by atoms with van der Waals surface area (Å²) in [5, 5.41) is 5.84. The van der Waals surface area contributed by atoms with Crippen molar-refractivity contribution >= 4 is 17.7 Å². The maximum Gasteiger partial charge on any atom is 0.253 e. The molecule has 0 radical (unpaired) electrons. The summed E-state index contributed by atoms with van der Waals surface area (Å²) in [5.74, 6) is -2.32. The molecule has 0 spiro atoms. The van der Waals surface area contributed by atoms with E-state index in [1.165, 1.54) is 12.1 Å². The van der Waals surface area contributed by atoms with E-state index < -0.39 is 35.5 Å². The predicted molar refractivity (Wildman–Crippen MR) is 158 cm³/mol. The first-order valence-corrected chi connectivity index (χ1v) is 14.7. The molecular formula is C32H46F2N4O3. The molecule has 3 amide bonds. The molecule has 0 heterocycles. The van der Waals surface area contributed by atoms with Crippen molar-refractivity contribution in [2.45, 2.75) is 78.8 Å². The van der Waals surface area contributed by atoms with Gasteiger partial charge >= 0.3 is 0 Å². The normalized spacial score (nSPS) is 14.0. The van der Waals surface area contributed by atoms with Crippen LogP contribution in [0, 0.1) is 23.5 Å². The summed E-state index contributed by atoms with van der Waals surface area (Å²) in [7, 11) is 0. The number of rotatable bonds is 16. The van der Waals surface area contributed by atoms with Crippen LogP contribution in [0.3, 0.4) is 0 Å². The molecule has 0 fully saturated rings. The predicted octanol–water partition coefficient (Wildman–Crippen LogP) is 5.08. The van der Waals surface area contributed by atoms with Gasteiger partial charge in [0, 0.05) is 54.8 Å². The zero-order chi connectivity index (χ0) is 30.5. The molecule has 4 N–H and O–H groups in total. The van der Waals surface area contributed by atoms with E-state index in [1.54, 1.807) is 36.1 Å². The van der Waals surface area contributed by atoms with E-state index in [-0.39, 0.29) is 30.2 Å². The van der Waals surface area contributed by atoms with Gasteiger partial charge in [0.1, 0.15) is 11.6 Å². The largest absolute Gasteiger partial charge is 0.356 e. The van der Waals surface area contributed by atoms with Gasteiger partial charge < -0.3 is 21.3 Å². The lowest BCUT2D eigenvalue weighted by atomic mass is 9.91. The van der Waals surface area contributed by atoms with Gasteiger partial charge in [0.05, 0.1) is 0 Å². The van der Waals surface area contributed by atoms with Gasteiger partial charge in [-0.25, -0.2) is 8.78 Å². The maximum absolute atomic E-state index is 13.9. The number of nitrogens with zero attached hydrogens (tertiary/aromatic N) is 1. The van der Waals surface area contributed by atoms with Crippen LogP contribution in [0.4, 0.5) is 8.78 Å². The molecule has 2 rings (SSSR count). The molecule has 2 aromatic rings. The number of amides is 3. The highest BCUT2D eigenvalue weighted by Crippen LogP contribution is 2.17. The Morgan fingerprint density at radius 2 is 1.54 bits per heavy atom. The number of nitrogens with one attached hydrogen (secondary N) is 2. The Kier molecular flexibility index (Phi) is 13.9. The smallest absolute Gasteiger partial charge is 0.253 e. The molecule has 0 saturated carbocycles. The van der Waals surface area contributed by atoms with Crippen LogP contribution in [0.5, 0.6) is 0 Å². The first kappa shape index (κ1) is 33.9. The van der Waals surface area contributed by atoms with Gasteiger partial charge in [-0.2, -0.15) is 0 Å². The number of hydrogen-bond donors (Lipinski definition) is 3. The minimum atomic E-state index is -0.732. The highest BCUT2D eigenvalue weighted by atomic mass is 19.1. The SMILES string of the molecule is CCCN(CCC)C(=O)c1cccc(C(=O)N[C@@H](Cc2cc(F)cc(F)c2)[C@@H](N)C[C@@H](C)C(=O)NC[C@@H](C)CC)c1. The van der Waals surface area contributed by atoms with Gasteiger partial charge in [0.2, 0.25) is 5.91 Å². The third kappa shape index (κ3) is 10.9. The summed E-state index contributed by atoms with van der Waals surface area (Å²) in [4.78, 5) is 40.9. The van der Waals surface area contributed by atoms with E-state index in [9.17, 15) is 23.2 Å². The van der Waals surface area contributed by atoms with Gasteiger partial charge in [0.25, 0.3) is 11.8 Å². The molecule has 7 nitrogen and oxygen atoms in total. The van der Waals surface area contributed by atoms with Crippen LogP contribution in [0.15, 0.2) is 42.5 Å². The fraction of sp³-hybridized carbons (Fsp3) is 0.531. The lowest BCUT2D eigenvalue weighted by molar-refractivity contribution is -0.125. The van der Waals surface area contributed by atoms with Gasteiger partial charge in [-0.15, -0.1) is 0 Å². The van der Waals surface area contributed by atoms with Gasteiger partial charge in [-0.3, -0.25) is 14.4 Å². The van der Waals surface area contributed by atoms with Crippen molar-refractivity contribution in [1.82, 2.24) is 15.5 Å². The van der Waals surface area contributed by atoms with Crippen LogP contribution in [-0.4, -0.2) is 54.3 Å². The molecule has 0 bridgehead atoms. The van der Waals surface area contributed by atoms with E-state index in [0.29, 0.717) is 36.7 Å². The number of hydrogen-bond acceptors (Lipinski definition) is 4. The first-order chi connectivity index (χ1) is 19.5. The molecule has 4 atom stereocenters. The van der Waals surface area contributed by atoms with Crippen LogP contribution >= 0.6 is 0 Å². The van der Waals surface area contributed by atoms with Crippen LogP contribution in [0.1, 0.15) is 86.6 Å². The maximum atomic E-state index is 13.9. The number of halogens is 2. The highest BCUT2D eigenvalue weighted by molar-refractivity contribution is 5.99. The van der Waals surface area contributed by atoms with E-state index in [1.807, 2.05) is 20.8 Å². The fourth-order valence-electron chi connectivity index (χ4n) is 4.65. The summed E-state index contributed by atoms with van der Waals surface area (Å²) in [6, 6.07) is 8.24. The first-order valence-electron chi connectivity index (χ1n) is 14.7. The molecule has 0 aliphatic carbocycles. The summed E-state index contributed by atoms with van der Waals surface area (Å²) >= 11 is 0. The van der Waals surface area contributed by atoms with Crippen molar-refractivity contribution in [2.75, 3.05) is 19.6 Å². The lowest BCUT2D eigenvalue weighted by Gasteiger charge is -2.28. The van der Waals surface area contributed by atoms with Crippen LogP contribution in [0.2, 0.25) is 0 Å². The lowest BCUT2D eigenvalue weighted by Crippen LogP contribution is -2.50. The zero-order valence-corrected chi connectivity index (χ0v) is 25.0. The second kappa shape index (κ2) is 16.8. The minimum absolute atomic E-state index is 0.0577. The third-order valence-corrected chi connectivity index (χ3v) is 7.25. The van der Waals surface area contributed by atoms with Crippen molar-refractivity contribution in [3.8, 4) is 0 Å². The topological polar surface area (TPSA) is 105 Å². The van der Waals surface area contributed by atoms with Crippen molar-refractivity contribution in [3.63, 3.8) is 0 Å². The average Bonchev–Trinajstić information content (AvgIpc) is 2.94. The highest BCUT2D eigenvalue weighted by Gasteiger charge is 2.26. The standard InChI is InChI=1S/C32H46F2N4O3/c1-6-12-38(13-7-2)32(41)25-11-9-10-24(18-25)31(40)37-29(17-23-15-26(33)19-27(34)16-23)28(35)14-22(5)30(39)36-20-21(4)8-3/h9-11,15-16,18-19,21-22,28-29H,6-8,12-14,17,20,35H2,1-5H3,(H,36,39)(H,37,40)/t21-,22+,28-,29-/m0/s1.